The predicted octanol–water partition coefficient (Wildman–Crippen LogP) is 0.557. The molecule has 1 aliphatic carbocycles. The Balaban J connectivity index is 2.04. The summed E-state index contributed by atoms with van der Waals surface area (Å²) in [5.74, 6) is -1.29. The minimum Gasteiger partial charge on any atom is -0.481 e. The minimum atomic E-state index is -3.54. The van der Waals surface area contributed by atoms with Crippen LogP contribution in [0.1, 0.15) is 19.3 Å². The van der Waals surface area contributed by atoms with Gasteiger partial charge in [-0.1, -0.05) is 0 Å². The van der Waals surface area contributed by atoms with E-state index in [0.717, 1.165) is 0 Å². The van der Waals surface area contributed by atoms with E-state index in [1.54, 1.807) is 17.8 Å². The van der Waals surface area contributed by atoms with Gasteiger partial charge in [-0.15, -0.1) is 0 Å². The van der Waals surface area contributed by atoms with E-state index in [2.05, 4.69) is 4.72 Å². The van der Waals surface area contributed by atoms with Crippen LogP contribution in [0.25, 0.3) is 0 Å². The molecule has 1 aromatic rings. The van der Waals surface area contributed by atoms with E-state index in [0.29, 0.717) is 19.3 Å². The van der Waals surface area contributed by atoms with Crippen LogP contribution >= 0.6 is 0 Å². The van der Waals surface area contributed by atoms with Gasteiger partial charge in [0.15, 0.2) is 0 Å². The number of aliphatic carboxylic acids is 1. The van der Waals surface area contributed by atoms with Crippen LogP contribution in [-0.2, 0) is 21.9 Å². The van der Waals surface area contributed by atoms with Gasteiger partial charge in [0.25, 0.3) is 0 Å². The van der Waals surface area contributed by atoms with Gasteiger partial charge in [-0.05, 0) is 25.3 Å². The zero-order valence-electron chi connectivity index (χ0n) is 10.0. The maximum absolute atomic E-state index is 12.0. The predicted molar refractivity (Wildman–Crippen MR) is 64.5 cm³/mol. The number of carboxylic acid groups (broad SMARTS) is 1. The average Bonchev–Trinajstić information content (AvgIpc) is 2.86. The summed E-state index contributed by atoms with van der Waals surface area (Å²) in [5, 5.41) is 8.87. The number of sulfonamides is 1. The van der Waals surface area contributed by atoms with Crippen molar-refractivity contribution in [3.05, 3.63) is 18.5 Å². The topological polar surface area (TPSA) is 88.4 Å². The third-order valence-electron chi connectivity index (χ3n) is 3.22. The molecule has 1 saturated carbocycles. The fourth-order valence-corrected chi connectivity index (χ4v) is 3.57. The first-order valence-electron chi connectivity index (χ1n) is 5.75. The number of rotatable bonds is 4. The maximum atomic E-state index is 12.0. The normalized spacial score (nSPS) is 24.3. The minimum absolute atomic E-state index is 0.212. The molecule has 2 atom stereocenters. The molecule has 100 valence electrons. The number of aryl methyl sites for hydroxylation is 1. The number of carboxylic acids is 1. The Hall–Kier alpha value is -1.34. The molecule has 0 amide bonds. The van der Waals surface area contributed by atoms with Gasteiger partial charge < -0.3 is 9.67 Å². The monoisotopic (exact) mass is 272 g/mol. The van der Waals surface area contributed by atoms with E-state index in [1.165, 1.54) is 12.3 Å². The molecule has 0 bridgehead atoms. The SMILES string of the molecule is Cn1ccc(S(=O)(=O)N[C@H]2CC[C@@H](C(=O)O)C2)c1. The molecule has 1 aliphatic rings. The molecule has 2 N–H and O–H groups in total. The van der Waals surface area contributed by atoms with Gasteiger partial charge >= 0.3 is 5.97 Å². The number of nitrogens with one attached hydrogen (secondary N) is 1. The van der Waals surface area contributed by atoms with Crippen molar-refractivity contribution >= 4 is 16.0 Å². The molecule has 0 spiro atoms. The standard InChI is InChI=1S/C11H16N2O4S/c1-13-5-4-10(7-13)18(16,17)12-9-3-2-8(6-9)11(14)15/h4-5,7-9,12H,2-3,6H2,1H3,(H,14,15)/t8-,9+/m1/s1. The molecule has 6 nitrogen and oxygen atoms in total. The van der Waals surface area contributed by atoms with Gasteiger partial charge in [0, 0.05) is 25.5 Å². The van der Waals surface area contributed by atoms with Gasteiger partial charge in [0.05, 0.1) is 10.8 Å². The summed E-state index contributed by atoms with van der Waals surface area (Å²) in [5.41, 5.74) is 0. The molecule has 1 fully saturated rings. The summed E-state index contributed by atoms with van der Waals surface area (Å²) in [4.78, 5) is 11.0. The molecule has 1 aromatic heterocycles. The Kier molecular flexibility index (Phi) is 3.45. The first-order valence-corrected chi connectivity index (χ1v) is 7.24. The van der Waals surface area contributed by atoms with Crippen LogP contribution in [0.15, 0.2) is 23.4 Å². The van der Waals surface area contributed by atoms with Gasteiger partial charge in [0.2, 0.25) is 10.0 Å². The van der Waals surface area contributed by atoms with Crippen LogP contribution in [0.4, 0.5) is 0 Å². The van der Waals surface area contributed by atoms with Crippen molar-refractivity contribution in [1.82, 2.24) is 9.29 Å². The Labute approximate surface area is 106 Å². The first kappa shape index (κ1) is 13.1. The van der Waals surface area contributed by atoms with Gasteiger partial charge in [-0.2, -0.15) is 0 Å². The second-order valence-corrected chi connectivity index (χ2v) is 6.39. The molecule has 2 rings (SSSR count). The largest absolute Gasteiger partial charge is 0.481 e. The number of carbonyl (C=O) groups is 1. The van der Waals surface area contributed by atoms with Crippen LogP contribution in [-0.4, -0.2) is 30.1 Å². The number of hydrogen-bond acceptors (Lipinski definition) is 3. The molecule has 7 heteroatoms. The van der Waals surface area contributed by atoms with E-state index < -0.39 is 21.9 Å². The molecule has 0 aliphatic heterocycles. The van der Waals surface area contributed by atoms with Crippen molar-refractivity contribution in [2.45, 2.75) is 30.2 Å². The highest BCUT2D eigenvalue weighted by atomic mass is 32.2. The lowest BCUT2D eigenvalue weighted by Crippen LogP contribution is -2.33. The highest BCUT2D eigenvalue weighted by Crippen LogP contribution is 2.26. The third kappa shape index (κ3) is 2.73. The van der Waals surface area contributed by atoms with E-state index in [4.69, 9.17) is 5.11 Å². The second kappa shape index (κ2) is 4.74. The lowest BCUT2D eigenvalue weighted by molar-refractivity contribution is -0.141. The quantitative estimate of drug-likeness (QED) is 0.838. The maximum Gasteiger partial charge on any atom is 0.306 e. The lowest BCUT2D eigenvalue weighted by Gasteiger charge is -2.11. The van der Waals surface area contributed by atoms with Crippen LogP contribution in [0.3, 0.4) is 0 Å². The summed E-state index contributed by atoms with van der Waals surface area (Å²) in [6.07, 6.45) is 4.64. The van der Waals surface area contributed by atoms with E-state index in [-0.39, 0.29) is 10.9 Å². The molecular formula is C11H16N2O4S. The summed E-state index contributed by atoms with van der Waals surface area (Å²) < 4.78 is 28.2. The fraction of sp³-hybridized carbons (Fsp3) is 0.545. The molecule has 18 heavy (non-hydrogen) atoms. The summed E-state index contributed by atoms with van der Waals surface area (Å²) in [6.45, 7) is 0. The van der Waals surface area contributed by atoms with Crippen molar-refractivity contribution in [2.75, 3.05) is 0 Å². The second-order valence-electron chi connectivity index (χ2n) is 4.68. The van der Waals surface area contributed by atoms with Crippen molar-refractivity contribution in [3.8, 4) is 0 Å². The van der Waals surface area contributed by atoms with Crippen molar-refractivity contribution in [2.24, 2.45) is 13.0 Å². The smallest absolute Gasteiger partial charge is 0.306 e. The van der Waals surface area contributed by atoms with Crippen molar-refractivity contribution in [1.29, 1.82) is 0 Å². The zero-order valence-corrected chi connectivity index (χ0v) is 10.9. The average molecular weight is 272 g/mol. The van der Waals surface area contributed by atoms with Crippen molar-refractivity contribution in [3.63, 3.8) is 0 Å². The highest BCUT2D eigenvalue weighted by Gasteiger charge is 2.32. The third-order valence-corrected chi connectivity index (χ3v) is 4.72. The number of aromatic nitrogens is 1. The Morgan fingerprint density at radius 3 is 2.72 bits per heavy atom. The Morgan fingerprint density at radius 1 is 1.50 bits per heavy atom. The van der Waals surface area contributed by atoms with E-state index in [9.17, 15) is 13.2 Å². The highest BCUT2D eigenvalue weighted by molar-refractivity contribution is 7.89. The Bertz CT molecular complexity index is 549. The van der Waals surface area contributed by atoms with Crippen LogP contribution in [0.2, 0.25) is 0 Å². The van der Waals surface area contributed by atoms with Gasteiger partial charge in [-0.25, -0.2) is 13.1 Å². The molecule has 0 saturated heterocycles. The zero-order chi connectivity index (χ0) is 13.3. The molecule has 0 radical (unpaired) electrons. The molecule has 1 heterocycles. The van der Waals surface area contributed by atoms with Crippen LogP contribution < -0.4 is 4.72 Å². The van der Waals surface area contributed by atoms with Crippen LogP contribution in [0, 0.1) is 5.92 Å². The number of nitrogens with zero attached hydrogens (tertiary/aromatic N) is 1. The molecular weight excluding hydrogens is 256 g/mol. The lowest BCUT2D eigenvalue weighted by atomic mass is 10.1. The summed E-state index contributed by atoms with van der Waals surface area (Å²) >= 11 is 0. The number of hydrogen-bond donors (Lipinski definition) is 2. The fourth-order valence-electron chi connectivity index (χ4n) is 2.24. The van der Waals surface area contributed by atoms with E-state index >= 15 is 0 Å². The van der Waals surface area contributed by atoms with E-state index in [1.807, 2.05) is 0 Å². The van der Waals surface area contributed by atoms with Gasteiger partial charge in [-0.3, -0.25) is 4.79 Å². The van der Waals surface area contributed by atoms with Crippen molar-refractivity contribution < 1.29 is 18.3 Å². The van der Waals surface area contributed by atoms with Gasteiger partial charge in [0.1, 0.15) is 0 Å². The summed E-state index contributed by atoms with van der Waals surface area (Å²) in [7, 11) is -1.79. The Morgan fingerprint density at radius 2 is 2.22 bits per heavy atom. The summed E-state index contributed by atoms with van der Waals surface area (Å²) in [6, 6.07) is 1.24. The first-order chi connectivity index (χ1) is 8.38. The molecule has 0 aromatic carbocycles. The molecule has 0 unspecified atom stereocenters. The van der Waals surface area contributed by atoms with Crippen LogP contribution in [0.5, 0.6) is 0 Å².